The van der Waals surface area contributed by atoms with Crippen LogP contribution in [0.4, 0.5) is 5.69 Å². The van der Waals surface area contributed by atoms with Crippen LogP contribution in [0.1, 0.15) is 13.8 Å². The number of rotatable bonds is 5. The fraction of sp³-hybridized carbons (Fsp3) is 0.462. The molecule has 0 aliphatic rings. The van der Waals surface area contributed by atoms with Gasteiger partial charge in [-0.1, -0.05) is 0 Å². The number of esters is 1. The third-order valence-electron chi connectivity index (χ3n) is 2.75. The average Bonchev–Trinajstić information content (AvgIpc) is 2.34. The van der Waals surface area contributed by atoms with Crippen LogP contribution in [-0.2, 0) is 19.4 Å². The number of ether oxygens (including phenoxy) is 1. The number of benzene rings is 1. The Morgan fingerprint density at radius 3 is 2.16 bits per heavy atom. The molecule has 0 saturated heterocycles. The second-order valence-electron chi connectivity index (χ2n) is 4.56. The van der Waals surface area contributed by atoms with Gasteiger partial charge < -0.3 is 9.64 Å². The van der Waals surface area contributed by atoms with Crippen LogP contribution in [0.15, 0.2) is 29.2 Å². The first-order chi connectivity index (χ1) is 8.75. The number of hydrogen-bond donors (Lipinski definition) is 0. The van der Waals surface area contributed by atoms with Crippen molar-refractivity contribution in [2.24, 2.45) is 0 Å². The topological polar surface area (TPSA) is 63.7 Å². The van der Waals surface area contributed by atoms with Crippen molar-refractivity contribution < 1.29 is 17.9 Å². The van der Waals surface area contributed by atoms with Gasteiger partial charge >= 0.3 is 5.97 Å². The average molecular weight is 285 g/mol. The van der Waals surface area contributed by atoms with E-state index in [1.807, 2.05) is 18.7 Å². The summed E-state index contributed by atoms with van der Waals surface area (Å²) in [6, 6.07) is 6.57. The Kier molecular flexibility index (Phi) is 4.94. The number of sulfone groups is 1. The quantitative estimate of drug-likeness (QED) is 0.767. The highest BCUT2D eigenvalue weighted by atomic mass is 32.2. The molecule has 106 valence electrons. The lowest BCUT2D eigenvalue weighted by atomic mass is 10.2. The second-order valence-corrected chi connectivity index (χ2v) is 6.58. The van der Waals surface area contributed by atoms with Gasteiger partial charge in [0.05, 0.1) is 12.0 Å². The van der Waals surface area contributed by atoms with Crippen LogP contribution in [0.25, 0.3) is 0 Å². The van der Waals surface area contributed by atoms with Gasteiger partial charge in [-0.05, 0) is 38.1 Å². The lowest BCUT2D eigenvalue weighted by Crippen LogP contribution is -2.36. The summed E-state index contributed by atoms with van der Waals surface area (Å²) >= 11 is 0. The summed E-state index contributed by atoms with van der Waals surface area (Å²) in [6.45, 7) is 4.03. The Morgan fingerprint density at radius 2 is 1.79 bits per heavy atom. The third kappa shape index (κ3) is 4.24. The molecule has 0 radical (unpaired) electrons. The van der Waals surface area contributed by atoms with E-state index >= 15 is 0 Å². The van der Waals surface area contributed by atoms with E-state index in [0.29, 0.717) is 0 Å². The summed E-state index contributed by atoms with van der Waals surface area (Å²) in [5.74, 6) is -0.333. The van der Waals surface area contributed by atoms with Crippen molar-refractivity contribution in [2.75, 3.05) is 24.8 Å². The van der Waals surface area contributed by atoms with Crippen LogP contribution < -0.4 is 4.90 Å². The maximum atomic E-state index is 11.4. The summed E-state index contributed by atoms with van der Waals surface area (Å²) < 4.78 is 27.4. The zero-order valence-electron chi connectivity index (χ0n) is 11.6. The highest BCUT2D eigenvalue weighted by molar-refractivity contribution is 7.90. The molecule has 0 saturated carbocycles. The van der Waals surface area contributed by atoms with E-state index in [0.717, 1.165) is 11.9 Å². The monoisotopic (exact) mass is 285 g/mol. The van der Waals surface area contributed by atoms with Gasteiger partial charge in [0, 0.05) is 18.0 Å². The first kappa shape index (κ1) is 15.5. The van der Waals surface area contributed by atoms with Gasteiger partial charge in [0.1, 0.15) is 6.54 Å². The van der Waals surface area contributed by atoms with Gasteiger partial charge in [0.25, 0.3) is 0 Å². The summed E-state index contributed by atoms with van der Waals surface area (Å²) in [5, 5.41) is 0. The van der Waals surface area contributed by atoms with Crippen LogP contribution in [-0.4, -0.2) is 40.3 Å². The molecule has 1 aromatic carbocycles. The molecule has 0 N–H and O–H groups in total. The van der Waals surface area contributed by atoms with Crippen molar-refractivity contribution in [1.82, 2.24) is 0 Å². The van der Waals surface area contributed by atoms with Crippen LogP contribution in [0, 0.1) is 0 Å². The van der Waals surface area contributed by atoms with E-state index in [1.165, 1.54) is 19.2 Å². The highest BCUT2D eigenvalue weighted by Gasteiger charge is 2.16. The van der Waals surface area contributed by atoms with Gasteiger partial charge in [-0.2, -0.15) is 0 Å². The standard InChI is InChI=1S/C13H19NO4S/c1-10(2)14(9-13(15)18-3)11-5-7-12(8-6-11)19(4,16)17/h5-8,10H,9H2,1-4H3. The van der Waals surface area contributed by atoms with Crippen LogP contribution >= 0.6 is 0 Å². The maximum absolute atomic E-state index is 11.4. The molecule has 0 spiro atoms. The first-order valence-electron chi connectivity index (χ1n) is 5.89. The molecule has 0 atom stereocenters. The second kappa shape index (κ2) is 6.06. The van der Waals surface area contributed by atoms with E-state index in [-0.39, 0.29) is 23.5 Å². The lowest BCUT2D eigenvalue weighted by molar-refractivity contribution is -0.139. The highest BCUT2D eigenvalue weighted by Crippen LogP contribution is 2.20. The molecule has 0 aliphatic carbocycles. The number of methoxy groups -OCH3 is 1. The van der Waals surface area contributed by atoms with Crippen LogP contribution in [0.2, 0.25) is 0 Å². The summed E-state index contributed by atoms with van der Waals surface area (Å²) in [6.07, 6.45) is 1.16. The Labute approximate surface area is 114 Å². The molecule has 1 aromatic rings. The molecule has 6 heteroatoms. The molecule has 1 rings (SSSR count). The van der Waals surface area contributed by atoms with Crippen molar-refractivity contribution in [3.8, 4) is 0 Å². The smallest absolute Gasteiger partial charge is 0.325 e. The van der Waals surface area contributed by atoms with Gasteiger partial charge in [-0.15, -0.1) is 0 Å². The zero-order valence-corrected chi connectivity index (χ0v) is 12.4. The molecule has 0 unspecified atom stereocenters. The molecule has 19 heavy (non-hydrogen) atoms. The number of nitrogens with zero attached hydrogens (tertiary/aromatic N) is 1. The molecule has 0 aromatic heterocycles. The summed E-state index contributed by atoms with van der Waals surface area (Å²) in [5.41, 5.74) is 0.785. The summed E-state index contributed by atoms with van der Waals surface area (Å²) in [7, 11) is -1.86. The van der Waals surface area contributed by atoms with Crippen molar-refractivity contribution in [3.05, 3.63) is 24.3 Å². The fourth-order valence-electron chi connectivity index (χ4n) is 1.66. The van der Waals surface area contributed by atoms with Crippen molar-refractivity contribution in [2.45, 2.75) is 24.8 Å². The van der Waals surface area contributed by atoms with Gasteiger partial charge in [0.2, 0.25) is 0 Å². The van der Waals surface area contributed by atoms with E-state index in [9.17, 15) is 13.2 Å². The van der Waals surface area contributed by atoms with Crippen molar-refractivity contribution >= 4 is 21.5 Å². The predicted molar refractivity (Wildman–Crippen MR) is 74.0 cm³/mol. The SMILES string of the molecule is COC(=O)CN(c1ccc(S(C)(=O)=O)cc1)C(C)C. The Hall–Kier alpha value is -1.56. The number of hydrogen-bond acceptors (Lipinski definition) is 5. The molecule has 5 nitrogen and oxygen atoms in total. The Balaban J connectivity index is 3.01. The molecular formula is C13H19NO4S. The maximum Gasteiger partial charge on any atom is 0.325 e. The minimum atomic E-state index is -3.20. The predicted octanol–water partition coefficient (Wildman–Crippen LogP) is 1.48. The lowest BCUT2D eigenvalue weighted by Gasteiger charge is -2.27. The molecular weight excluding hydrogens is 266 g/mol. The summed E-state index contributed by atoms with van der Waals surface area (Å²) in [4.78, 5) is 13.5. The first-order valence-corrected chi connectivity index (χ1v) is 7.78. The molecule has 0 heterocycles. The van der Waals surface area contributed by atoms with E-state index in [2.05, 4.69) is 4.74 Å². The molecule has 0 fully saturated rings. The van der Waals surface area contributed by atoms with Crippen LogP contribution in [0.3, 0.4) is 0 Å². The van der Waals surface area contributed by atoms with Crippen molar-refractivity contribution in [1.29, 1.82) is 0 Å². The fourth-order valence-corrected chi connectivity index (χ4v) is 2.29. The molecule has 0 aliphatic heterocycles. The Bertz CT molecular complexity index is 534. The third-order valence-corrected chi connectivity index (χ3v) is 3.88. The number of carbonyl (C=O) groups excluding carboxylic acids is 1. The Morgan fingerprint density at radius 1 is 1.26 bits per heavy atom. The molecule has 0 amide bonds. The van der Waals surface area contributed by atoms with E-state index in [4.69, 9.17) is 0 Å². The number of anilines is 1. The number of carbonyl (C=O) groups is 1. The molecule has 0 bridgehead atoms. The largest absolute Gasteiger partial charge is 0.468 e. The van der Waals surface area contributed by atoms with Crippen molar-refractivity contribution in [3.63, 3.8) is 0 Å². The van der Waals surface area contributed by atoms with Gasteiger partial charge in [-0.3, -0.25) is 4.79 Å². The van der Waals surface area contributed by atoms with Crippen LogP contribution in [0.5, 0.6) is 0 Å². The van der Waals surface area contributed by atoms with E-state index < -0.39 is 9.84 Å². The zero-order chi connectivity index (χ0) is 14.6. The minimum Gasteiger partial charge on any atom is -0.468 e. The van der Waals surface area contributed by atoms with Gasteiger partial charge in [-0.25, -0.2) is 8.42 Å². The normalized spacial score (nSPS) is 11.4. The van der Waals surface area contributed by atoms with Gasteiger partial charge in [0.15, 0.2) is 9.84 Å². The minimum absolute atomic E-state index is 0.100. The van der Waals surface area contributed by atoms with E-state index in [1.54, 1.807) is 12.1 Å².